The van der Waals surface area contributed by atoms with E-state index in [1.54, 1.807) is 6.20 Å². The number of carbonyl (C=O) groups is 1. The van der Waals surface area contributed by atoms with Gasteiger partial charge in [0.2, 0.25) is 0 Å². The number of piperidine rings is 1. The van der Waals surface area contributed by atoms with Gasteiger partial charge >= 0.3 is 0 Å². The van der Waals surface area contributed by atoms with E-state index in [0.29, 0.717) is 17.6 Å². The Morgan fingerprint density at radius 3 is 2.42 bits per heavy atom. The summed E-state index contributed by atoms with van der Waals surface area (Å²) in [6.07, 6.45) is 13.6. The second kappa shape index (κ2) is 7.78. The number of anilines is 2. The molecule has 2 aliphatic heterocycles. The van der Waals surface area contributed by atoms with Crippen LogP contribution in [0.5, 0.6) is 0 Å². The van der Waals surface area contributed by atoms with Gasteiger partial charge in [-0.1, -0.05) is 38.7 Å². The van der Waals surface area contributed by atoms with Crippen LogP contribution in [0.25, 0.3) is 0 Å². The van der Waals surface area contributed by atoms with Crippen molar-refractivity contribution in [3.63, 3.8) is 0 Å². The molecule has 1 saturated heterocycles. The fourth-order valence-corrected chi connectivity index (χ4v) is 4.85. The third-order valence-electron chi connectivity index (χ3n) is 6.29. The van der Waals surface area contributed by atoms with E-state index in [-0.39, 0.29) is 5.91 Å². The summed E-state index contributed by atoms with van der Waals surface area (Å²) in [7, 11) is 0. The third-order valence-corrected chi connectivity index (χ3v) is 6.29. The highest BCUT2D eigenvalue weighted by molar-refractivity contribution is 6.10. The van der Waals surface area contributed by atoms with Gasteiger partial charge in [0.05, 0.1) is 5.69 Å². The zero-order chi connectivity index (χ0) is 17.9. The van der Waals surface area contributed by atoms with Gasteiger partial charge in [0.1, 0.15) is 5.70 Å². The van der Waals surface area contributed by atoms with Crippen molar-refractivity contribution in [3.8, 4) is 0 Å². The highest BCUT2D eigenvalue weighted by atomic mass is 16.2. The number of pyridine rings is 1. The topological polar surface area (TPSA) is 48.5 Å². The number of hydrogen-bond donors (Lipinski definition) is 1. The van der Waals surface area contributed by atoms with E-state index in [4.69, 9.17) is 0 Å². The van der Waals surface area contributed by atoms with Gasteiger partial charge < -0.3 is 15.1 Å². The Morgan fingerprint density at radius 2 is 1.69 bits per heavy atom. The van der Waals surface area contributed by atoms with Gasteiger partial charge in [-0.25, -0.2) is 4.98 Å². The molecule has 0 radical (unpaired) electrons. The molecule has 26 heavy (non-hydrogen) atoms. The molecule has 1 aromatic rings. The van der Waals surface area contributed by atoms with Crippen molar-refractivity contribution in [3.05, 3.63) is 30.6 Å². The average molecular weight is 354 g/mol. The smallest absolute Gasteiger partial charge is 0.272 e. The van der Waals surface area contributed by atoms with Gasteiger partial charge in [0.25, 0.3) is 5.91 Å². The largest absolute Gasteiger partial charge is 0.331 e. The zero-order valence-electron chi connectivity index (χ0n) is 15.6. The van der Waals surface area contributed by atoms with Crippen LogP contribution < -0.4 is 10.2 Å². The number of carbonyl (C=O) groups excluding carboxylic acids is 1. The average Bonchev–Trinajstić information content (AvgIpc) is 2.63. The Hall–Kier alpha value is -1.88. The first-order chi connectivity index (χ1) is 12.7. The molecular formula is C21H30N4O. The number of aromatic nitrogens is 1. The van der Waals surface area contributed by atoms with Crippen LogP contribution in [0, 0.1) is 0 Å². The van der Waals surface area contributed by atoms with Gasteiger partial charge in [0.15, 0.2) is 5.82 Å². The van der Waals surface area contributed by atoms with Crippen LogP contribution in [0.3, 0.4) is 0 Å². The van der Waals surface area contributed by atoms with Crippen LogP contribution in [0.1, 0.15) is 57.8 Å². The molecular weight excluding hydrogens is 324 g/mol. The molecule has 1 saturated carbocycles. The lowest BCUT2D eigenvalue weighted by Crippen LogP contribution is -2.50. The van der Waals surface area contributed by atoms with Crippen molar-refractivity contribution in [1.29, 1.82) is 0 Å². The maximum absolute atomic E-state index is 12.3. The van der Waals surface area contributed by atoms with Crippen LogP contribution >= 0.6 is 0 Å². The van der Waals surface area contributed by atoms with E-state index in [2.05, 4.69) is 26.7 Å². The van der Waals surface area contributed by atoms with Crippen molar-refractivity contribution < 1.29 is 4.79 Å². The highest BCUT2D eigenvalue weighted by Gasteiger charge is 2.35. The van der Waals surface area contributed by atoms with Gasteiger partial charge in [0, 0.05) is 31.4 Å². The summed E-state index contributed by atoms with van der Waals surface area (Å²) < 4.78 is 0. The van der Waals surface area contributed by atoms with Crippen molar-refractivity contribution in [2.45, 2.75) is 69.9 Å². The van der Waals surface area contributed by atoms with Gasteiger partial charge in [-0.15, -0.1) is 0 Å². The fourth-order valence-electron chi connectivity index (χ4n) is 4.85. The molecule has 3 aliphatic rings. The number of fused-ring (bicyclic) bond motifs is 1. The molecule has 0 bridgehead atoms. The molecule has 5 nitrogen and oxygen atoms in total. The standard InChI is InChI=1S/C21H30N4O/c1-16-21(26)23-20-19(10-7-13-22-20)25(16)18-11-14-24(15-12-18)17-8-5-3-2-4-6-9-17/h7,10,13,17-18H,1-6,8-9,11-12,14-15H2,(H,22,23,26). The Morgan fingerprint density at radius 1 is 1.00 bits per heavy atom. The van der Waals surface area contributed by atoms with E-state index in [1.165, 1.54) is 44.9 Å². The molecule has 4 rings (SSSR count). The Balaban J connectivity index is 1.44. The normalized spacial score (nSPS) is 23.9. The van der Waals surface area contributed by atoms with E-state index < -0.39 is 0 Å². The molecule has 3 heterocycles. The summed E-state index contributed by atoms with van der Waals surface area (Å²) >= 11 is 0. The molecule has 2 fully saturated rings. The van der Waals surface area contributed by atoms with Gasteiger partial charge in [-0.3, -0.25) is 4.79 Å². The Kier molecular flexibility index (Phi) is 5.25. The fraction of sp³-hybridized carbons (Fsp3) is 0.619. The molecule has 140 valence electrons. The number of rotatable bonds is 2. The van der Waals surface area contributed by atoms with E-state index in [9.17, 15) is 4.79 Å². The number of nitrogens with zero attached hydrogens (tertiary/aromatic N) is 3. The van der Waals surface area contributed by atoms with Crippen molar-refractivity contribution in [1.82, 2.24) is 9.88 Å². The Labute approximate surface area is 156 Å². The quantitative estimate of drug-likeness (QED) is 0.818. The summed E-state index contributed by atoms with van der Waals surface area (Å²) in [5, 5.41) is 2.85. The zero-order valence-corrected chi connectivity index (χ0v) is 15.6. The molecule has 1 N–H and O–H groups in total. The van der Waals surface area contributed by atoms with Gasteiger partial charge in [-0.05, 0) is 37.8 Å². The monoisotopic (exact) mass is 354 g/mol. The molecule has 0 spiro atoms. The number of hydrogen-bond acceptors (Lipinski definition) is 4. The van der Waals surface area contributed by atoms with Crippen LogP contribution in [0.2, 0.25) is 0 Å². The number of nitrogens with one attached hydrogen (secondary N) is 1. The van der Waals surface area contributed by atoms with Crippen LogP contribution in [0.15, 0.2) is 30.6 Å². The third kappa shape index (κ3) is 3.50. The van der Waals surface area contributed by atoms with Crippen molar-refractivity contribution >= 4 is 17.4 Å². The lowest BCUT2D eigenvalue weighted by Gasteiger charge is -2.44. The summed E-state index contributed by atoms with van der Waals surface area (Å²) in [5.74, 6) is 0.533. The van der Waals surface area contributed by atoms with Crippen molar-refractivity contribution in [2.24, 2.45) is 0 Å². The summed E-state index contributed by atoms with van der Waals surface area (Å²) in [6, 6.07) is 5.06. The lowest BCUT2D eigenvalue weighted by molar-refractivity contribution is -0.113. The number of amides is 1. The number of likely N-dealkylation sites (tertiary alicyclic amines) is 1. The maximum Gasteiger partial charge on any atom is 0.272 e. The first-order valence-electron chi connectivity index (χ1n) is 10.2. The first kappa shape index (κ1) is 17.5. The highest BCUT2D eigenvalue weighted by Crippen LogP contribution is 2.36. The van der Waals surface area contributed by atoms with Crippen molar-refractivity contribution in [2.75, 3.05) is 23.3 Å². The van der Waals surface area contributed by atoms with E-state index in [1.807, 2.05) is 12.1 Å². The van der Waals surface area contributed by atoms with Crippen LogP contribution in [0.4, 0.5) is 11.5 Å². The second-order valence-electron chi connectivity index (χ2n) is 7.91. The minimum absolute atomic E-state index is 0.126. The molecule has 0 unspecified atom stereocenters. The minimum Gasteiger partial charge on any atom is -0.331 e. The second-order valence-corrected chi connectivity index (χ2v) is 7.91. The molecule has 5 heteroatoms. The molecule has 1 amide bonds. The SMILES string of the molecule is C=C1C(=O)Nc2ncccc2N1C1CCN(C2CCCCCCC2)CC1. The molecule has 1 aliphatic carbocycles. The summed E-state index contributed by atoms with van der Waals surface area (Å²) in [6.45, 7) is 6.30. The first-order valence-corrected chi connectivity index (χ1v) is 10.2. The lowest BCUT2D eigenvalue weighted by atomic mass is 9.92. The Bertz CT molecular complexity index is 658. The van der Waals surface area contributed by atoms with E-state index in [0.717, 1.165) is 37.7 Å². The van der Waals surface area contributed by atoms with E-state index >= 15 is 0 Å². The van der Waals surface area contributed by atoms with Crippen LogP contribution in [-0.4, -0.2) is 41.0 Å². The molecule has 0 atom stereocenters. The predicted molar refractivity (Wildman–Crippen MR) is 105 cm³/mol. The summed E-state index contributed by atoms with van der Waals surface area (Å²) in [4.78, 5) is 21.5. The molecule has 0 aromatic carbocycles. The molecule has 1 aromatic heterocycles. The summed E-state index contributed by atoms with van der Waals surface area (Å²) in [5.41, 5.74) is 1.54. The minimum atomic E-state index is -0.126. The van der Waals surface area contributed by atoms with Gasteiger partial charge in [-0.2, -0.15) is 0 Å². The maximum atomic E-state index is 12.3. The predicted octanol–water partition coefficient (Wildman–Crippen LogP) is 3.93. The van der Waals surface area contributed by atoms with Crippen LogP contribution in [-0.2, 0) is 4.79 Å².